The van der Waals surface area contributed by atoms with Crippen molar-refractivity contribution in [1.82, 2.24) is 19.7 Å². The molecule has 0 unspecified atom stereocenters. The summed E-state index contributed by atoms with van der Waals surface area (Å²) < 4.78 is 6.68. The molecule has 0 radical (unpaired) electrons. The topological polar surface area (TPSA) is 102 Å². The number of nitrogens with one attached hydrogen (secondary N) is 2. The first kappa shape index (κ1) is 18.8. The molecular formula is C20H17N5O3S. The molecule has 4 rings (SSSR count). The van der Waals surface area contributed by atoms with Crippen LogP contribution in [0.5, 0.6) is 5.75 Å². The number of benzene rings is 2. The number of para-hydroxylation sites is 2. The molecule has 8 nitrogen and oxygen atoms in total. The van der Waals surface area contributed by atoms with E-state index in [9.17, 15) is 9.59 Å². The maximum Gasteiger partial charge on any atom is 0.261 e. The first-order chi connectivity index (χ1) is 14.2. The number of H-pyrrole nitrogens is 1. The summed E-state index contributed by atoms with van der Waals surface area (Å²) >= 11 is 1.43. The van der Waals surface area contributed by atoms with Crippen molar-refractivity contribution in [3.63, 3.8) is 0 Å². The Morgan fingerprint density at radius 3 is 2.79 bits per heavy atom. The van der Waals surface area contributed by atoms with Crippen LogP contribution in [0.1, 0.15) is 0 Å². The van der Waals surface area contributed by atoms with Crippen molar-refractivity contribution < 1.29 is 9.53 Å². The molecule has 0 saturated carbocycles. The van der Waals surface area contributed by atoms with E-state index in [4.69, 9.17) is 4.74 Å². The number of nitrogens with zero attached hydrogens (tertiary/aromatic N) is 3. The van der Waals surface area contributed by atoms with Crippen molar-refractivity contribution in [3.05, 3.63) is 71.4 Å². The maximum atomic E-state index is 12.5. The summed E-state index contributed by atoms with van der Waals surface area (Å²) in [6.45, 7) is 0. The largest absolute Gasteiger partial charge is 0.497 e. The molecule has 2 heterocycles. The minimum Gasteiger partial charge on any atom is -0.497 e. The zero-order valence-electron chi connectivity index (χ0n) is 15.5. The summed E-state index contributed by atoms with van der Waals surface area (Å²) in [6.07, 6.45) is 2.79. The number of anilines is 1. The van der Waals surface area contributed by atoms with Gasteiger partial charge in [0.1, 0.15) is 11.1 Å². The van der Waals surface area contributed by atoms with Gasteiger partial charge in [0.15, 0.2) is 5.65 Å². The lowest BCUT2D eigenvalue weighted by molar-refractivity contribution is -0.113. The van der Waals surface area contributed by atoms with Gasteiger partial charge in [-0.05, 0) is 36.4 Å². The van der Waals surface area contributed by atoms with E-state index >= 15 is 0 Å². The lowest BCUT2D eigenvalue weighted by Crippen LogP contribution is -2.16. The monoisotopic (exact) mass is 407 g/mol. The first-order valence-corrected chi connectivity index (χ1v) is 9.72. The molecule has 4 aromatic rings. The first-order valence-electron chi connectivity index (χ1n) is 8.73. The Balaban J connectivity index is 1.53. The Hall–Kier alpha value is -3.59. The van der Waals surface area contributed by atoms with Gasteiger partial charge in [-0.1, -0.05) is 12.1 Å². The SMILES string of the molecule is COc1ccc(SCC(=O)Nc2ccccc2-n2ncc3c(=O)[nH]cnc32)cc1. The van der Waals surface area contributed by atoms with E-state index in [1.165, 1.54) is 29.0 Å². The minimum absolute atomic E-state index is 0.152. The molecule has 2 aromatic heterocycles. The predicted molar refractivity (Wildman–Crippen MR) is 112 cm³/mol. The van der Waals surface area contributed by atoms with Crippen molar-refractivity contribution >= 4 is 34.4 Å². The zero-order chi connectivity index (χ0) is 20.2. The number of hydrogen-bond acceptors (Lipinski definition) is 6. The van der Waals surface area contributed by atoms with Crippen LogP contribution >= 0.6 is 11.8 Å². The maximum absolute atomic E-state index is 12.5. The van der Waals surface area contributed by atoms with Gasteiger partial charge < -0.3 is 15.0 Å². The summed E-state index contributed by atoms with van der Waals surface area (Å²) in [7, 11) is 1.61. The Kier molecular flexibility index (Phi) is 5.30. The Labute approximate surface area is 169 Å². The number of aromatic amines is 1. The van der Waals surface area contributed by atoms with E-state index in [1.807, 2.05) is 42.5 Å². The van der Waals surface area contributed by atoms with E-state index in [0.29, 0.717) is 22.4 Å². The fourth-order valence-electron chi connectivity index (χ4n) is 2.80. The number of methoxy groups -OCH3 is 1. The normalized spacial score (nSPS) is 10.8. The number of carbonyl (C=O) groups is 1. The Morgan fingerprint density at radius 2 is 2.00 bits per heavy atom. The van der Waals surface area contributed by atoms with Crippen molar-refractivity contribution in [1.29, 1.82) is 0 Å². The molecule has 0 bridgehead atoms. The average molecular weight is 407 g/mol. The van der Waals surface area contributed by atoms with Crippen molar-refractivity contribution in [2.24, 2.45) is 0 Å². The molecule has 9 heteroatoms. The van der Waals surface area contributed by atoms with Crippen molar-refractivity contribution in [2.75, 3.05) is 18.2 Å². The van der Waals surface area contributed by atoms with Crippen LogP contribution in [0.15, 0.2) is 70.7 Å². The van der Waals surface area contributed by atoms with Gasteiger partial charge in [0.05, 0.1) is 36.8 Å². The second-order valence-corrected chi connectivity index (χ2v) is 7.10. The van der Waals surface area contributed by atoms with E-state index in [2.05, 4.69) is 20.4 Å². The number of carbonyl (C=O) groups excluding carboxylic acids is 1. The van der Waals surface area contributed by atoms with E-state index in [0.717, 1.165) is 10.6 Å². The van der Waals surface area contributed by atoms with Gasteiger partial charge in [-0.25, -0.2) is 9.67 Å². The number of hydrogen-bond donors (Lipinski definition) is 2. The third kappa shape index (κ3) is 3.99. The van der Waals surface area contributed by atoms with Gasteiger partial charge in [0.2, 0.25) is 5.91 Å². The van der Waals surface area contributed by atoms with E-state index in [-0.39, 0.29) is 17.2 Å². The van der Waals surface area contributed by atoms with Crippen LogP contribution < -0.4 is 15.6 Å². The highest BCUT2D eigenvalue weighted by molar-refractivity contribution is 8.00. The fourth-order valence-corrected chi connectivity index (χ4v) is 3.50. The highest BCUT2D eigenvalue weighted by Crippen LogP contribution is 2.24. The third-order valence-electron chi connectivity index (χ3n) is 4.21. The summed E-state index contributed by atoms with van der Waals surface area (Å²) in [5, 5.41) is 7.56. The lowest BCUT2D eigenvalue weighted by Gasteiger charge is -2.11. The van der Waals surface area contributed by atoms with Crippen molar-refractivity contribution in [3.8, 4) is 11.4 Å². The molecule has 0 atom stereocenters. The number of ether oxygens (including phenoxy) is 1. The molecule has 0 fully saturated rings. The number of aromatic nitrogens is 4. The predicted octanol–water partition coefficient (Wildman–Crippen LogP) is 2.85. The molecule has 0 aliphatic heterocycles. The molecule has 0 aliphatic rings. The number of thioether (sulfide) groups is 1. The highest BCUT2D eigenvalue weighted by Gasteiger charge is 2.13. The van der Waals surface area contributed by atoms with Crippen LogP contribution in [0, 0.1) is 0 Å². The summed E-state index contributed by atoms with van der Waals surface area (Å²) in [6, 6.07) is 14.8. The number of fused-ring (bicyclic) bond motifs is 1. The second kappa shape index (κ2) is 8.19. The number of rotatable bonds is 6. The summed E-state index contributed by atoms with van der Waals surface area (Å²) in [5.41, 5.74) is 1.37. The van der Waals surface area contributed by atoms with Crippen LogP contribution in [-0.2, 0) is 4.79 Å². The molecule has 0 spiro atoms. The van der Waals surface area contributed by atoms with Gasteiger partial charge in [-0.15, -0.1) is 11.8 Å². The van der Waals surface area contributed by atoms with Crippen LogP contribution in [0.4, 0.5) is 5.69 Å². The quantitative estimate of drug-likeness (QED) is 0.477. The standard InChI is InChI=1S/C20H17N5O3S/c1-28-13-6-8-14(9-7-13)29-11-18(26)24-16-4-2-3-5-17(16)25-19-15(10-23-25)20(27)22-12-21-19/h2-10,12H,11H2,1H3,(H,24,26)(H,21,22,27). The van der Waals surface area contributed by atoms with Gasteiger partial charge in [-0.2, -0.15) is 5.10 Å². The highest BCUT2D eigenvalue weighted by atomic mass is 32.2. The average Bonchev–Trinajstić information content (AvgIpc) is 3.18. The lowest BCUT2D eigenvalue weighted by atomic mass is 10.2. The molecule has 2 aromatic carbocycles. The van der Waals surface area contributed by atoms with Gasteiger partial charge in [-0.3, -0.25) is 9.59 Å². The van der Waals surface area contributed by atoms with Gasteiger partial charge >= 0.3 is 0 Å². The molecule has 2 N–H and O–H groups in total. The van der Waals surface area contributed by atoms with Crippen molar-refractivity contribution in [2.45, 2.75) is 4.90 Å². The van der Waals surface area contributed by atoms with Gasteiger partial charge in [0.25, 0.3) is 5.56 Å². The molecule has 29 heavy (non-hydrogen) atoms. The van der Waals surface area contributed by atoms with Crippen LogP contribution in [-0.4, -0.2) is 38.5 Å². The van der Waals surface area contributed by atoms with E-state index < -0.39 is 0 Å². The summed E-state index contributed by atoms with van der Waals surface area (Å²) in [5.74, 6) is 0.866. The molecule has 0 saturated heterocycles. The zero-order valence-corrected chi connectivity index (χ0v) is 16.3. The molecule has 146 valence electrons. The molecule has 0 aliphatic carbocycles. The number of amides is 1. The smallest absolute Gasteiger partial charge is 0.261 e. The Morgan fingerprint density at radius 1 is 1.21 bits per heavy atom. The summed E-state index contributed by atoms with van der Waals surface area (Å²) in [4.78, 5) is 32.1. The van der Waals surface area contributed by atoms with E-state index in [1.54, 1.807) is 13.2 Å². The fraction of sp³-hybridized carbons (Fsp3) is 0.100. The molecule has 1 amide bonds. The van der Waals surface area contributed by atoms with Crippen LogP contribution in [0.2, 0.25) is 0 Å². The van der Waals surface area contributed by atoms with Crippen LogP contribution in [0.3, 0.4) is 0 Å². The minimum atomic E-state index is -0.265. The van der Waals surface area contributed by atoms with Crippen LogP contribution in [0.25, 0.3) is 16.7 Å². The Bertz CT molecular complexity index is 1220. The second-order valence-electron chi connectivity index (χ2n) is 6.05. The molecular weight excluding hydrogens is 390 g/mol. The van der Waals surface area contributed by atoms with Gasteiger partial charge in [0, 0.05) is 4.90 Å². The third-order valence-corrected chi connectivity index (χ3v) is 5.22.